The number of fused-ring (bicyclic) bond motifs is 3. The van der Waals surface area contributed by atoms with Crippen molar-refractivity contribution in [1.29, 1.82) is 0 Å². The van der Waals surface area contributed by atoms with E-state index >= 15 is 0 Å². The summed E-state index contributed by atoms with van der Waals surface area (Å²) in [6, 6.07) is 5.85. The molecular weight excluding hydrogens is 316 g/mol. The molecule has 0 saturated heterocycles. The predicted molar refractivity (Wildman–Crippen MR) is 91.9 cm³/mol. The van der Waals surface area contributed by atoms with E-state index in [1.165, 1.54) is 23.1 Å². The van der Waals surface area contributed by atoms with Crippen LogP contribution in [0.15, 0.2) is 29.6 Å². The van der Waals surface area contributed by atoms with E-state index in [1.54, 1.807) is 0 Å². The predicted octanol–water partition coefficient (Wildman–Crippen LogP) is 4.52. The van der Waals surface area contributed by atoms with Gasteiger partial charge in [0.15, 0.2) is 5.16 Å². The second-order valence-electron chi connectivity index (χ2n) is 5.88. The Morgan fingerprint density at radius 3 is 2.77 bits per heavy atom. The minimum absolute atomic E-state index is 0.291. The van der Waals surface area contributed by atoms with Gasteiger partial charge >= 0.3 is 5.97 Å². The molecule has 0 N–H and O–H groups in total. The molecule has 0 spiro atoms. The van der Waals surface area contributed by atoms with Gasteiger partial charge in [-0.25, -0.2) is 14.8 Å². The first-order valence-electron chi connectivity index (χ1n) is 6.84. The van der Waals surface area contributed by atoms with Gasteiger partial charge in [-0.15, -0.1) is 11.3 Å². The molecule has 22 heavy (non-hydrogen) atoms. The molecule has 6 heteroatoms. The first-order chi connectivity index (χ1) is 10.4. The average Bonchev–Trinajstić information content (AvgIpc) is 2.89. The summed E-state index contributed by atoms with van der Waals surface area (Å²) in [5.74, 6) is -0.291. The van der Waals surface area contributed by atoms with Crippen LogP contribution in [0.1, 0.15) is 30.4 Å². The average molecular weight is 332 g/mol. The molecule has 4 nitrogen and oxygen atoms in total. The Balaban J connectivity index is 2.12. The lowest BCUT2D eigenvalue weighted by atomic mass is 10.1. The van der Waals surface area contributed by atoms with Crippen LogP contribution in [-0.2, 0) is 4.74 Å². The third-order valence-electron chi connectivity index (χ3n) is 3.01. The molecule has 0 aliphatic carbocycles. The molecule has 2 heterocycles. The summed E-state index contributed by atoms with van der Waals surface area (Å²) < 4.78 is 6.47. The molecule has 0 bridgehead atoms. The highest BCUT2D eigenvalue weighted by Crippen LogP contribution is 2.32. The summed E-state index contributed by atoms with van der Waals surface area (Å²) in [5, 5.41) is 2.67. The van der Waals surface area contributed by atoms with Crippen molar-refractivity contribution >= 4 is 50.1 Å². The van der Waals surface area contributed by atoms with Gasteiger partial charge in [0.05, 0.1) is 5.52 Å². The van der Waals surface area contributed by atoms with Crippen molar-refractivity contribution in [2.45, 2.75) is 31.5 Å². The first kappa shape index (κ1) is 15.2. The van der Waals surface area contributed by atoms with Crippen molar-refractivity contribution in [3.8, 4) is 0 Å². The van der Waals surface area contributed by atoms with Gasteiger partial charge in [-0.1, -0.05) is 11.8 Å². The van der Waals surface area contributed by atoms with Gasteiger partial charge < -0.3 is 4.74 Å². The summed E-state index contributed by atoms with van der Waals surface area (Å²) in [4.78, 5) is 21.7. The van der Waals surface area contributed by atoms with E-state index in [9.17, 15) is 4.79 Å². The van der Waals surface area contributed by atoms with Gasteiger partial charge in [0.2, 0.25) is 0 Å². The number of carbonyl (C=O) groups excluding carboxylic acids is 1. The lowest BCUT2D eigenvalue weighted by molar-refractivity contribution is 0.00753. The number of esters is 1. The van der Waals surface area contributed by atoms with E-state index in [1.807, 2.05) is 51.4 Å². The number of hydrogen-bond acceptors (Lipinski definition) is 6. The van der Waals surface area contributed by atoms with Gasteiger partial charge in [0.1, 0.15) is 10.5 Å². The van der Waals surface area contributed by atoms with Gasteiger partial charge in [0.25, 0.3) is 0 Å². The normalized spacial score (nSPS) is 12.0. The summed E-state index contributed by atoms with van der Waals surface area (Å²) in [6.07, 6.45) is 3.76. The lowest BCUT2D eigenvalue weighted by Gasteiger charge is -2.18. The molecule has 0 aliphatic rings. The largest absolute Gasteiger partial charge is 0.456 e. The van der Waals surface area contributed by atoms with E-state index in [0.717, 1.165) is 26.1 Å². The third kappa shape index (κ3) is 2.94. The number of thiophene rings is 1. The molecule has 0 saturated carbocycles. The number of nitrogens with zero attached hydrogens (tertiary/aromatic N) is 2. The monoisotopic (exact) mass is 332 g/mol. The quantitative estimate of drug-likeness (QED) is 0.392. The van der Waals surface area contributed by atoms with Crippen LogP contribution in [0.5, 0.6) is 0 Å². The van der Waals surface area contributed by atoms with Crippen LogP contribution in [0.3, 0.4) is 0 Å². The van der Waals surface area contributed by atoms with Crippen molar-refractivity contribution < 1.29 is 9.53 Å². The maximum Gasteiger partial charge on any atom is 0.348 e. The minimum atomic E-state index is -0.497. The maximum atomic E-state index is 12.2. The van der Waals surface area contributed by atoms with Crippen LogP contribution in [0.2, 0.25) is 0 Å². The number of rotatable bonds is 2. The Labute approximate surface area is 136 Å². The molecule has 0 amide bonds. The zero-order valence-corrected chi connectivity index (χ0v) is 14.5. The molecule has 0 atom stereocenters. The molecule has 3 rings (SSSR count). The van der Waals surface area contributed by atoms with Gasteiger partial charge in [-0.3, -0.25) is 0 Å². The van der Waals surface area contributed by atoms with Crippen molar-refractivity contribution in [3.05, 3.63) is 29.3 Å². The van der Waals surface area contributed by atoms with Crippen molar-refractivity contribution in [1.82, 2.24) is 9.97 Å². The molecule has 2 aromatic heterocycles. The van der Waals surface area contributed by atoms with Gasteiger partial charge in [0, 0.05) is 21.7 Å². The number of hydrogen-bond donors (Lipinski definition) is 0. The fourth-order valence-corrected chi connectivity index (χ4v) is 3.40. The van der Waals surface area contributed by atoms with E-state index in [4.69, 9.17) is 4.74 Å². The van der Waals surface area contributed by atoms with E-state index < -0.39 is 5.60 Å². The summed E-state index contributed by atoms with van der Waals surface area (Å²) in [7, 11) is 0. The fourth-order valence-electron chi connectivity index (χ4n) is 2.12. The van der Waals surface area contributed by atoms with Crippen molar-refractivity contribution in [2.75, 3.05) is 6.26 Å². The Bertz CT molecular complexity index is 866. The zero-order chi connectivity index (χ0) is 15.9. The maximum absolute atomic E-state index is 12.2. The van der Waals surface area contributed by atoms with Crippen molar-refractivity contribution in [3.63, 3.8) is 0 Å². The Morgan fingerprint density at radius 1 is 1.32 bits per heavy atom. The molecule has 114 valence electrons. The van der Waals surface area contributed by atoms with Crippen LogP contribution < -0.4 is 0 Å². The molecule has 3 aromatic rings. The van der Waals surface area contributed by atoms with Crippen LogP contribution >= 0.6 is 23.1 Å². The van der Waals surface area contributed by atoms with E-state index in [2.05, 4.69) is 9.97 Å². The van der Waals surface area contributed by atoms with Crippen LogP contribution in [0.25, 0.3) is 21.0 Å². The Kier molecular flexibility index (Phi) is 3.82. The number of aromatic nitrogens is 2. The summed E-state index contributed by atoms with van der Waals surface area (Å²) in [5.41, 5.74) is 0.381. The summed E-state index contributed by atoms with van der Waals surface area (Å²) >= 11 is 2.94. The second-order valence-corrected chi connectivity index (χ2v) is 7.74. The van der Waals surface area contributed by atoms with Crippen LogP contribution in [-0.4, -0.2) is 27.8 Å². The third-order valence-corrected chi connectivity index (χ3v) is 4.65. The highest BCUT2D eigenvalue weighted by Gasteiger charge is 2.20. The van der Waals surface area contributed by atoms with E-state index in [-0.39, 0.29) is 5.97 Å². The summed E-state index contributed by atoms with van der Waals surface area (Å²) in [6.45, 7) is 5.60. The molecule has 0 unspecified atom stereocenters. The minimum Gasteiger partial charge on any atom is -0.456 e. The first-order valence-corrected chi connectivity index (χ1v) is 8.88. The molecule has 1 aromatic carbocycles. The second kappa shape index (κ2) is 5.52. The number of ether oxygens (including phenoxy) is 1. The number of benzene rings is 1. The van der Waals surface area contributed by atoms with E-state index in [0.29, 0.717) is 4.88 Å². The smallest absolute Gasteiger partial charge is 0.348 e. The molecule has 0 aliphatic heterocycles. The highest BCUT2D eigenvalue weighted by atomic mass is 32.2. The van der Waals surface area contributed by atoms with Gasteiger partial charge in [-0.05, 0) is 45.2 Å². The standard InChI is InChI=1S/C16H16N2O2S2/c1-16(2,3)20-14(19)12-7-10-11(22-12)6-5-9-8-17-15(21-4)18-13(9)10/h5-8H,1-4H3. The molecule has 0 fully saturated rings. The Hall–Kier alpha value is -1.66. The molecule has 0 radical (unpaired) electrons. The van der Waals surface area contributed by atoms with Crippen LogP contribution in [0.4, 0.5) is 0 Å². The molecular formula is C16H16N2O2S2. The lowest BCUT2D eigenvalue weighted by Crippen LogP contribution is -2.23. The van der Waals surface area contributed by atoms with Crippen molar-refractivity contribution in [2.24, 2.45) is 0 Å². The Morgan fingerprint density at radius 2 is 2.09 bits per heavy atom. The van der Waals surface area contributed by atoms with Crippen LogP contribution in [0, 0.1) is 0 Å². The topological polar surface area (TPSA) is 52.1 Å². The zero-order valence-electron chi connectivity index (χ0n) is 12.8. The fraction of sp³-hybridized carbons (Fsp3) is 0.312. The highest BCUT2D eigenvalue weighted by molar-refractivity contribution is 7.98. The van der Waals surface area contributed by atoms with Gasteiger partial charge in [-0.2, -0.15) is 0 Å². The SMILES string of the molecule is CSc1ncc2ccc3sc(C(=O)OC(C)(C)C)cc3c2n1. The number of carbonyl (C=O) groups is 1. The number of thioether (sulfide) groups is 1.